The summed E-state index contributed by atoms with van der Waals surface area (Å²) in [6, 6.07) is 16.0. The van der Waals surface area contributed by atoms with Crippen LogP contribution in [-0.4, -0.2) is 40.7 Å². The number of likely N-dealkylation sites (tertiary alicyclic amines) is 1. The van der Waals surface area contributed by atoms with Crippen LogP contribution < -0.4 is 0 Å². The van der Waals surface area contributed by atoms with Gasteiger partial charge in [-0.3, -0.25) is 19.4 Å². The minimum absolute atomic E-state index is 0.0463. The Morgan fingerprint density at radius 2 is 1.62 bits per heavy atom. The molecule has 0 saturated carbocycles. The Bertz CT molecular complexity index is 976. The van der Waals surface area contributed by atoms with Gasteiger partial charge in [0, 0.05) is 25.7 Å². The molecule has 0 unspecified atom stereocenters. The van der Waals surface area contributed by atoms with Crippen molar-refractivity contribution in [3.63, 3.8) is 0 Å². The molecule has 2 aliphatic heterocycles. The molecular formula is C24H25ClN2O2. The first-order chi connectivity index (χ1) is 14.0. The summed E-state index contributed by atoms with van der Waals surface area (Å²) in [5.41, 5.74) is 4.56. The van der Waals surface area contributed by atoms with Gasteiger partial charge in [0.25, 0.3) is 11.8 Å². The van der Waals surface area contributed by atoms with Crippen LogP contribution in [0.1, 0.15) is 35.1 Å². The third kappa shape index (κ3) is 3.87. The summed E-state index contributed by atoms with van der Waals surface area (Å²) in [5, 5.41) is 0.0463. The average Bonchev–Trinajstić information content (AvgIpc) is 2.94. The highest BCUT2D eigenvalue weighted by Crippen LogP contribution is 2.35. The third-order valence-corrected chi connectivity index (χ3v) is 6.38. The molecule has 0 aliphatic carbocycles. The molecule has 4 nitrogen and oxygen atoms in total. The van der Waals surface area contributed by atoms with Crippen molar-refractivity contribution in [3.8, 4) is 0 Å². The molecule has 2 aromatic carbocycles. The Kier molecular flexibility index (Phi) is 5.57. The van der Waals surface area contributed by atoms with E-state index in [0.717, 1.165) is 49.2 Å². The summed E-state index contributed by atoms with van der Waals surface area (Å²) in [4.78, 5) is 29.7. The van der Waals surface area contributed by atoms with Crippen molar-refractivity contribution in [1.82, 2.24) is 9.80 Å². The first-order valence-electron chi connectivity index (χ1n) is 10.1. The number of halogens is 1. The lowest BCUT2D eigenvalue weighted by molar-refractivity contribution is -0.140. The van der Waals surface area contributed by atoms with E-state index in [1.807, 2.05) is 50.2 Å². The molecule has 1 saturated heterocycles. The summed E-state index contributed by atoms with van der Waals surface area (Å²) in [7, 11) is 0. The quantitative estimate of drug-likeness (QED) is 0.709. The second kappa shape index (κ2) is 8.13. The predicted molar refractivity (Wildman–Crippen MR) is 115 cm³/mol. The van der Waals surface area contributed by atoms with Crippen LogP contribution in [0.25, 0.3) is 5.57 Å². The number of benzene rings is 2. The van der Waals surface area contributed by atoms with Gasteiger partial charge >= 0.3 is 0 Å². The van der Waals surface area contributed by atoms with Crippen LogP contribution in [-0.2, 0) is 16.1 Å². The summed E-state index contributed by atoms with van der Waals surface area (Å²) < 4.78 is 0. The highest BCUT2D eigenvalue weighted by atomic mass is 35.5. The zero-order valence-corrected chi connectivity index (χ0v) is 17.6. The van der Waals surface area contributed by atoms with Crippen LogP contribution in [0.15, 0.2) is 53.6 Å². The Morgan fingerprint density at radius 1 is 0.931 bits per heavy atom. The Morgan fingerprint density at radius 3 is 2.28 bits per heavy atom. The maximum absolute atomic E-state index is 13.1. The van der Waals surface area contributed by atoms with Gasteiger partial charge in [-0.1, -0.05) is 60.1 Å². The first-order valence-corrected chi connectivity index (χ1v) is 10.4. The number of amides is 2. The summed E-state index contributed by atoms with van der Waals surface area (Å²) >= 11 is 6.36. The fourth-order valence-corrected chi connectivity index (χ4v) is 4.46. The van der Waals surface area contributed by atoms with Gasteiger partial charge < -0.3 is 0 Å². The molecule has 0 radical (unpaired) electrons. The number of aryl methyl sites for hydroxylation is 2. The molecule has 0 spiro atoms. The highest BCUT2D eigenvalue weighted by Gasteiger charge is 2.42. The molecule has 2 amide bonds. The van der Waals surface area contributed by atoms with Crippen molar-refractivity contribution in [2.24, 2.45) is 0 Å². The van der Waals surface area contributed by atoms with Gasteiger partial charge in [0.05, 0.1) is 5.57 Å². The van der Waals surface area contributed by atoms with Crippen molar-refractivity contribution in [1.29, 1.82) is 0 Å². The number of carbonyl (C=O) groups is 2. The van der Waals surface area contributed by atoms with E-state index in [4.69, 9.17) is 11.6 Å². The lowest BCUT2D eigenvalue weighted by Crippen LogP contribution is -2.47. The van der Waals surface area contributed by atoms with Gasteiger partial charge in [0.1, 0.15) is 5.03 Å². The number of rotatable bonds is 4. The molecule has 2 heterocycles. The molecule has 0 N–H and O–H groups in total. The lowest BCUT2D eigenvalue weighted by Gasteiger charge is -2.36. The minimum Gasteiger partial charge on any atom is -0.299 e. The molecule has 0 aromatic heterocycles. The molecule has 2 aliphatic rings. The molecule has 150 valence electrons. The number of hydrogen-bond acceptors (Lipinski definition) is 3. The minimum atomic E-state index is -0.355. The van der Waals surface area contributed by atoms with Crippen molar-refractivity contribution < 1.29 is 9.59 Å². The molecule has 2 aromatic rings. The van der Waals surface area contributed by atoms with Crippen molar-refractivity contribution in [3.05, 3.63) is 75.8 Å². The van der Waals surface area contributed by atoms with E-state index in [9.17, 15) is 9.59 Å². The van der Waals surface area contributed by atoms with E-state index in [-0.39, 0.29) is 22.9 Å². The SMILES string of the molecule is Cc1ccc(C2=C(Cl)C(=O)N(C3CCN(Cc4ccccc4)CC3)C2=O)cc1C. The largest absolute Gasteiger partial charge is 0.299 e. The van der Waals surface area contributed by atoms with E-state index in [0.29, 0.717) is 5.57 Å². The van der Waals surface area contributed by atoms with Crippen LogP contribution in [0.5, 0.6) is 0 Å². The Hall–Kier alpha value is -2.43. The van der Waals surface area contributed by atoms with E-state index >= 15 is 0 Å². The molecule has 0 bridgehead atoms. The normalized spacial score (nSPS) is 18.8. The molecule has 29 heavy (non-hydrogen) atoms. The molecule has 5 heteroatoms. The lowest BCUT2D eigenvalue weighted by atomic mass is 9.99. The maximum Gasteiger partial charge on any atom is 0.273 e. The van der Waals surface area contributed by atoms with Gasteiger partial charge in [0.15, 0.2) is 0 Å². The maximum atomic E-state index is 13.1. The smallest absolute Gasteiger partial charge is 0.273 e. The van der Waals surface area contributed by atoms with Gasteiger partial charge in [0.2, 0.25) is 0 Å². The third-order valence-electron chi connectivity index (χ3n) is 6.03. The topological polar surface area (TPSA) is 40.6 Å². The van der Waals surface area contributed by atoms with Gasteiger partial charge in [-0.2, -0.15) is 0 Å². The number of carbonyl (C=O) groups excluding carboxylic acids is 2. The van der Waals surface area contributed by atoms with Gasteiger partial charge in [-0.25, -0.2) is 0 Å². The highest BCUT2D eigenvalue weighted by molar-refractivity contribution is 6.55. The Labute approximate surface area is 176 Å². The molecule has 1 fully saturated rings. The van der Waals surface area contributed by atoms with Crippen molar-refractivity contribution in [2.45, 2.75) is 39.3 Å². The number of nitrogens with zero attached hydrogens (tertiary/aromatic N) is 2. The van der Waals surface area contributed by atoms with E-state index in [2.05, 4.69) is 17.0 Å². The summed E-state index contributed by atoms with van der Waals surface area (Å²) in [5.74, 6) is -0.615. The van der Waals surface area contributed by atoms with E-state index in [1.165, 1.54) is 10.5 Å². The van der Waals surface area contributed by atoms with Crippen LogP contribution in [0, 0.1) is 13.8 Å². The van der Waals surface area contributed by atoms with Crippen molar-refractivity contribution in [2.75, 3.05) is 13.1 Å². The standard InChI is InChI=1S/C24H25ClN2O2/c1-16-8-9-19(14-17(16)2)21-22(25)24(29)27(23(21)28)20-10-12-26(13-11-20)15-18-6-4-3-5-7-18/h3-9,14,20H,10-13,15H2,1-2H3. The van der Waals surface area contributed by atoms with Crippen LogP contribution >= 0.6 is 11.6 Å². The fourth-order valence-electron chi connectivity index (χ4n) is 4.18. The van der Waals surface area contributed by atoms with Crippen LogP contribution in [0.4, 0.5) is 0 Å². The van der Waals surface area contributed by atoms with E-state index < -0.39 is 0 Å². The van der Waals surface area contributed by atoms with Crippen LogP contribution in [0.3, 0.4) is 0 Å². The number of imide groups is 1. The fraction of sp³-hybridized carbons (Fsp3) is 0.333. The first kappa shape index (κ1) is 19.9. The number of piperidine rings is 1. The zero-order chi connectivity index (χ0) is 20.5. The molecule has 4 rings (SSSR count). The van der Waals surface area contributed by atoms with Crippen molar-refractivity contribution >= 4 is 29.0 Å². The Balaban J connectivity index is 1.46. The number of hydrogen-bond donors (Lipinski definition) is 0. The predicted octanol–water partition coefficient (Wildman–Crippen LogP) is 4.29. The summed E-state index contributed by atoms with van der Waals surface area (Å²) in [6.45, 7) is 6.61. The average molecular weight is 409 g/mol. The van der Waals surface area contributed by atoms with Crippen LogP contribution in [0.2, 0.25) is 0 Å². The van der Waals surface area contributed by atoms with E-state index in [1.54, 1.807) is 0 Å². The summed E-state index contributed by atoms with van der Waals surface area (Å²) in [6.07, 6.45) is 1.55. The molecule has 0 atom stereocenters. The zero-order valence-electron chi connectivity index (χ0n) is 16.8. The molecular weight excluding hydrogens is 384 g/mol. The monoisotopic (exact) mass is 408 g/mol. The van der Waals surface area contributed by atoms with Gasteiger partial charge in [-0.05, 0) is 48.9 Å². The second-order valence-corrected chi connectivity index (χ2v) is 8.34. The second-order valence-electron chi connectivity index (χ2n) is 7.96. The van der Waals surface area contributed by atoms with Gasteiger partial charge in [-0.15, -0.1) is 0 Å².